The second kappa shape index (κ2) is 6.93. The minimum absolute atomic E-state index is 0.343. The summed E-state index contributed by atoms with van der Waals surface area (Å²) in [5.74, 6) is 0.851. The Kier molecular flexibility index (Phi) is 5.45. The number of nitrogens with one attached hydrogen (secondary N) is 1. The summed E-state index contributed by atoms with van der Waals surface area (Å²) < 4.78 is 0. The van der Waals surface area contributed by atoms with Crippen molar-refractivity contribution in [1.82, 2.24) is 10.2 Å². The van der Waals surface area contributed by atoms with Gasteiger partial charge in [0.1, 0.15) is 0 Å². The van der Waals surface area contributed by atoms with E-state index in [0.717, 1.165) is 19.0 Å². The summed E-state index contributed by atoms with van der Waals surface area (Å²) in [7, 11) is 4.50. The molecule has 2 nitrogen and oxygen atoms in total. The Labute approximate surface area is 130 Å². The standard InChI is InChI=1S/C19H32N2/c1-15-8-7-11-19(12-15,21(4)5)14-20-13-18-10-6-9-16(2)17(18)3/h6,9-10,15,20H,7-8,11-14H2,1-5H3. The Balaban J connectivity index is 1.98. The fraction of sp³-hybridized carbons (Fsp3) is 0.684. The molecule has 0 spiro atoms. The molecule has 0 aromatic heterocycles. The number of benzene rings is 1. The molecule has 0 amide bonds. The Bertz CT molecular complexity index is 467. The van der Waals surface area contributed by atoms with E-state index in [4.69, 9.17) is 0 Å². The first kappa shape index (κ1) is 16.5. The normalized spacial score (nSPS) is 26.3. The van der Waals surface area contributed by atoms with Gasteiger partial charge in [0.25, 0.3) is 0 Å². The highest BCUT2D eigenvalue weighted by atomic mass is 15.2. The van der Waals surface area contributed by atoms with Crippen molar-refractivity contribution in [3.63, 3.8) is 0 Å². The maximum atomic E-state index is 3.74. The van der Waals surface area contributed by atoms with E-state index in [1.807, 2.05) is 0 Å². The molecule has 1 aromatic carbocycles. The summed E-state index contributed by atoms with van der Waals surface area (Å²) >= 11 is 0. The number of aryl methyl sites for hydroxylation is 1. The van der Waals surface area contributed by atoms with E-state index < -0.39 is 0 Å². The number of rotatable bonds is 5. The smallest absolute Gasteiger partial charge is 0.0330 e. The van der Waals surface area contributed by atoms with Crippen molar-refractivity contribution in [3.05, 3.63) is 34.9 Å². The van der Waals surface area contributed by atoms with E-state index in [1.54, 1.807) is 0 Å². The molecule has 1 aliphatic rings. The third kappa shape index (κ3) is 3.87. The van der Waals surface area contributed by atoms with Gasteiger partial charge in [-0.2, -0.15) is 0 Å². The van der Waals surface area contributed by atoms with Crippen molar-refractivity contribution in [3.8, 4) is 0 Å². The molecule has 2 heteroatoms. The van der Waals surface area contributed by atoms with Crippen LogP contribution in [0.25, 0.3) is 0 Å². The second-order valence-corrected chi connectivity index (χ2v) is 7.28. The minimum atomic E-state index is 0.343. The molecular formula is C19H32N2. The maximum absolute atomic E-state index is 3.74. The lowest BCUT2D eigenvalue weighted by atomic mass is 9.75. The van der Waals surface area contributed by atoms with Crippen molar-refractivity contribution in [2.24, 2.45) is 5.92 Å². The van der Waals surface area contributed by atoms with Gasteiger partial charge in [0.15, 0.2) is 0 Å². The molecule has 1 fully saturated rings. The molecule has 1 N–H and O–H groups in total. The lowest BCUT2D eigenvalue weighted by Gasteiger charge is -2.45. The van der Waals surface area contributed by atoms with Crippen LogP contribution in [-0.4, -0.2) is 31.1 Å². The van der Waals surface area contributed by atoms with Gasteiger partial charge in [0, 0.05) is 18.6 Å². The van der Waals surface area contributed by atoms with Crippen molar-refractivity contribution in [1.29, 1.82) is 0 Å². The zero-order valence-corrected chi connectivity index (χ0v) is 14.5. The lowest BCUT2D eigenvalue weighted by Crippen LogP contribution is -2.54. The van der Waals surface area contributed by atoms with Crippen LogP contribution in [0.2, 0.25) is 0 Å². The van der Waals surface area contributed by atoms with Gasteiger partial charge in [-0.25, -0.2) is 0 Å². The molecule has 0 aliphatic heterocycles. The molecular weight excluding hydrogens is 256 g/mol. The molecule has 2 unspecified atom stereocenters. The van der Waals surface area contributed by atoms with Crippen molar-refractivity contribution < 1.29 is 0 Å². The van der Waals surface area contributed by atoms with Gasteiger partial charge >= 0.3 is 0 Å². The highest BCUT2D eigenvalue weighted by molar-refractivity contribution is 5.32. The van der Waals surface area contributed by atoms with Gasteiger partial charge in [0.05, 0.1) is 0 Å². The summed E-state index contributed by atoms with van der Waals surface area (Å²) in [5, 5.41) is 3.74. The molecule has 0 bridgehead atoms. The first-order chi connectivity index (χ1) is 9.94. The predicted molar refractivity (Wildman–Crippen MR) is 91.7 cm³/mol. The summed E-state index contributed by atoms with van der Waals surface area (Å²) in [5.41, 5.74) is 4.60. The molecule has 21 heavy (non-hydrogen) atoms. The number of hydrogen-bond donors (Lipinski definition) is 1. The zero-order valence-electron chi connectivity index (χ0n) is 14.5. The summed E-state index contributed by atoms with van der Waals surface area (Å²) in [6.07, 6.45) is 5.40. The van der Waals surface area contributed by atoms with Crippen LogP contribution in [0, 0.1) is 19.8 Å². The fourth-order valence-corrected chi connectivity index (χ4v) is 3.79. The SMILES string of the molecule is Cc1cccc(CNCC2(N(C)C)CCCC(C)C2)c1C. The number of likely N-dealkylation sites (N-methyl/N-ethyl adjacent to an activating group) is 1. The van der Waals surface area contributed by atoms with Crippen LogP contribution in [0.3, 0.4) is 0 Å². The average Bonchev–Trinajstić information content (AvgIpc) is 2.43. The summed E-state index contributed by atoms with van der Waals surface area (Å²) in [6, 6.07) is 6.62. The van der Waals surface area contributed by atoms with Crippen molar-refractivity contribution in [2.45, 2.75) is 58.5 Å². The molecule has 1 saturated carbocycles. The van der Waals surface area contributed by atoms with Crippen LogP contribution in [0.1, 0.15) is 49.3 Å². The minimum Gasteiger partial charge on any atom is -0.311 e. The predicted octanol–water partition coefficient (Wildman–Crippen LogP) is 3.90. The van der Waals surface area contributed by atoms with Gasteiger partial charge < -0.3 is 10.2 Å². The summed E-state index contributed by atoms with van der Waals surface area (Å²) in [4.78, 5) is 2.46. The molecule has 2 atom stereocenters. The third-order valence-electron chi connectivity index (χ3n) is 5.50. The van der Waals surface area contributed by atoms with Crippen LogP contribution in [0.5, 0.6) is 0 Å². The van der Waals surface area contributed by atoms with E-state index in [-0.39, 0.29) is 0 Å². The van der Waals surface area contributed by atoms with Crippen molar-refractivity contribution in [2.75, 3.05) is 20.6 Å². The van der Waals surface area contributed by atoms with Gasteiger partial charge in [-0.3, -0.25) is 0 Å². The fourth-order valence-electron chi connectivity index (χ4n) is 3.79. The maximum Gasteiger partial charge on any atom is 0.0330 e. The van der Waals surface area contributed by atoms with Crippen LogP contribution in [0.4, 0.5) is 0 Å². The molecule has 0 radical (unpaired) electrons. The molecule has 0 saturated heterocycles. The monoisotopic (exact) mass is 288 g/mol. The van der Waals surface area contributed by atoms with E-state index >= 15 is 0 Å². The lowest BCUT2D eigenvalue weighted by molar-refractivity contribution is 0.0749. The van der Waals surface area contributed by atoms with Crippen LogP contribution in [-0.2, 0) is 6.54 Å². The molecule has 0 heterocycles. The van der Waals surface area contributed by atoms with E-state index in [9.17, 15) is 0 Å². The topological polar surface area (TPSA) is 15.3 Å². The highest BCUT2D eigenvalue weighted by Gasteiger charge is 2.36. The first-order valence-corrected chi connectivity index (χ1v) is 8.38. The van der Waals surface area contributed by atoms with E-state index in [2.05, 4.69) is 63.3 Å². The second-order valence-electron chi connectivity index (χ2n) is 7.28. The van der Waals surface area contributed by atoms with Crippen LogP contribution in [0.15, 0.2) is 18.2 Å². The van der Waals surface area contributed by atoms with Crippen LogP contribution < -0.4 is 5.32 Å². The third-order valence-corrected chi connectivity index (χ3v) is 5.50. The van der Waals surface area contributed by atoms with Crippen molar-refractivity contribution >= 4 is 0 Å². The highest BCUT2D eigenvalue weighted by Crippen LogP contribution is 2.35. The number of nitrogens with zero attached hydrogens (tertiary/aromatic N) is 1. The Hall–Kier alpha value is -0.860. The molecule has 1 aliphatic carbocycles. The Morgan fingerprint density at radius 1 is 1.29 bits per heavy atom. The summed E-state index contributed by atoms with van der Waals surface area (Å²) in [6.45, 7) is 8.91. The molecule has 118 valence electrons. The number of hydrogen-bond acceptors (Lipinski definition) is 2. The van der Waals surface area contributed by atoms with E-state index in [1.165, 1.54) is 42.4 Å². The van der Waals surface area contributed by atoms with Gasteiger partial charge in [-0.05, 0) is 63.4 Å². The quantitative estimate of drug-likeness (QED) is 0.884. The Morgan fingerprint density at radius 2 is 2.05 bits per heavy atom. The largest absolute Gasteiger partial charge is 0.311 e. The molecule has 1 aromatic rings. The zero-order chi connectivity index (χ0) is 15.5. The van der Waals surface area contributed by atoms with Gasteiger partial charge in [-0.15, -0.1) is 0 Å². The van der Waals surface area contributed by atoms with Crippen LogP contribution >= 0.6 is 0 Å². The first-order valence-electron chi connectivity index (χ1n) is 8.38. The Morgan fingerprint density at radius 3 is 2.71 bits per heavy atom. The molecule has 2 rings (SSSR count). The van der Waals surface area contributed by atoms with Gasteiger partial charge in [0.2, 0.25) is 0 Å². The van der Waals surface area contributed by atoms with Gasteiger partial charge in [-0.1, -0.05) is 38.0 Å². The van der Waals surface area contributed by atoms with E-state index in [0.29, 0.717) is 5.54 Å². The average molecular weight is 288 g/mol.